The van der Waals surface area contributed by atoms with Gasteiger partial charge < -0.3 is 28.5 Å². The minimum absolute atomic E-state index is 0.0330. The Labute approximate surface area is 512 Å². The van der Waals surface area contributed by atoms with Gasteiger partial charge in [0.25, 0.3) is 7.82 Å². The first-order valence-corrected chi connectivity index (χ1v) is 35.3. The van der Waals surface area contributed by atoms with Crippen LogP contribution in [0, 0.1) is 0 Å². The molecule has 0 aliphatic heterocycles. The van der Waals surface area contributed by atoms with Crippen molar-refractivity contribution in [2.75, 3.05) is 40.9 Å². The van der Waals surface area contributed by atoms with Gasteiger partial charge in [-0.3, -0.25) is 14.2 Å². The van der Waals surface area contributed by atoms with Gasteiger partial charge >= 0.3 is 5.97 Å². The van der Waals surface area contributed by atoms with Crippen LogP contribution >= 0.6 is 7.82 Å². The van der Waals surface area contributed by atoms with Crippen LogP contribution in [0.15, 0.2) is 122 Å². The topological polar surface area (TPSA) is 114 Å². The average Bonchev–Trinajstić information content (AvgIpc) is 3.51. The summed E-state index contributed by atoms with van der Waals surface area (Å²) in [4.78, 5) is 40.1. The van der Waals surface area contributed by atoms with Crippen LogP contribution in [0.4, 0.5) is 0 Å². The van der Waals surface area contributed by atoms with Crippen LogP contribution in [0.3, 0.4) is 0 Å². The predicted molar refractivity (Wildman–Crippen MR) is 357 cm³/mol. The number of hydrogen-bond acceptors (Lipinski definition) is 7. The SMILES string of the molecule is CC/C=C\C/C=C\C/C=C\C/C=C\C/C=C\CCCCCCCCCCCC(=O)NC(COP(=O)([O-])OCC[N+](C)(C)C)C(/C=C\CCCCCCCCCCC)OC(=O)CCCCCCC/C=C\C/C=C\C/C=C\C/C=C\CCCCC. The maximum absolute atomic E-state index is 13.6. The number of phosphoric acid groups is 1. The van der Waals surface area contributed by atoms with Crippen LogP contribution in [-0.4, -0.2) is 69.4 Å². The average molecular weight is 1180 g/mol. The molecule has 0 radical (unpaired) electrons. The Bertz CT molecular complexity index is 1830. The molecule has 10 heteroatoms. The summed E-state index contributed by atoms with van der Waals surface area (Å²) in [6.45, 7) is 6.68. The maximum atomic E-state index is 13.6. The molecule has 0 aromatic heterocycles. The monoisotopic (exact) mass is 1170 g/mol. The van der Waals surface area contributed by atoms with Gasteiger partial charge in [0.1, 0.15) is 19.3 Å². The summed E-state index contributed by atoms with van der Waals surface area (Å²) < 4.78 is 30.4. The van der Waals surface area contributed by atoms with Gasteiger partial charge in [-0.25, -0.2) is 0 Å². The van der Waals surface area contributed by atoms with Crippen molar-refractivity contribution in [3.8, 4) is 0 Å². The lowest BCUT2D eigenvalue weighted by Crippen LogP contribution is -2.47. The number of phosphoric ester groups is 1. The minimum Gasteiger partial charge on any atom is -0.756 e. The molecule has 0 saturated heterocycles. The normalized spacial score (nSPS) is 14.3. The lowest BCUT2D eigenvalue weighted by atomic mass is 10.0. The maximum Gasteiger partial charge on any atom is 0.306 e. The first-order chi connectivity index (χ1) is 40.4. The summed E-state index contributed by atoms with van der Waals surface area (Å²) in [5, 5.41) is 3.03. The first-order valence-electron chi connectivity index (χ1n) is 33.8. The fourth-order valence-corrected chi connectivity index (χ4v) is 9.90. The van der Waals surface area contributed by atoms with Gasteiger partial charge in [0.15, 0.2) is 0 Å². The summed E-state index contributed by atoms with van der Waals surface area (Å²) in [6, 6.07) is -0.908. The summed E-state index contributed by atoms with van der Waals surface area (Å²) in [5.41, 5.74) is 0. The van der Waals surface area contributed by atoms with Crippen molar-refractivity contribution >= 4 is 19.7 Å². The fraction of sp³-hybridized carbons (Fsp3) is 0.699. The Morgan fingerprint density at radius 2 is 0.771 bits per heavy atom. The molecule has 0 heterocycles. The van der Waals surface area contributed by atoms with Crippen molar-refractivity contribution in [1.29, 1.82) is 0 Å². The summed E-state index contributed by atoms with van der Waals surface area (Å²) in [6.07, 6.45) is 86.0. The molecule has 1 N–H and O–H groups in total. The molecule has 0 fully saturated rings. The van der Waals surface area contributed by atoms with E-state index in [1.54, 1.807) is 0 Å². The van der Waals surface area contributed by atoms with E-state index in [4.69, 9.17) is 13.8 Å². The van der Waals surface area contributed by atoms with Gasteiger partial charge in [-0.1, -0.05) is 265 Å². The van der Waals surface area contributed by atoms with Gasteiger partial charge in [0.05, 0.1) is 33.8 Å². The number of ether oxygens (including phenoxy) is 1. The van der Waals surface area contributed by atoms with E-state index >= 15 is 0 Å². The zero-order valence-corrected chi connectivity index (χ0v) is 55.3. The van der Waals surface area contributed by atoms with E-state index in [1.165, 1.54) is 103 Å². The molecule has 9 nitrogen and oxygen atoms in total. The molecule has 0 saturated carbocycles. The Balaban J connectivity index is 5.15. The van der Waals surface area contributed by atoms with Crippen molar-refractivity contribution in [2.24, 2.45) is 0 Å². The highest BCUT2D eigenvalue weighted by atomic mass is 31.2. The van der Waals surface area contributed by atoms with E-state index < -0.39 is 26.6 Å². The summed E-state index contributed by atoms with van der Waals surface area (Å²) in [7, 11) is 1.15. The third kappa shape index (κ3) is 62.8. The van der Waals surface area contributed by atoms with Crippen molar-refractivity contribution in [3.05, 3.63) is 122 Å². The number of amides is 1. The number of nitrogens with one attached hydrogen (secondary N) is 1. The molecule has 83 heavy (non-hydrogen) atoms. The molecule has 0 aromatic rings. The molecule has 3 unspecified atom stereocenters. The van der Waals surface area contributed by atoms with E-state index in [0.717, 1.165) is 135 Å². The molecular weight excluding hydrogens is 1050 g/mol. The Hall–Kier alpha value is -3.59. The Morgan fingerprint density at radius 3 is 1.18 bits per heavy atom. The number of esters is 1. The number of unbranched alkanes of at least 4 members (excludes halogenated alkanes) is 26. The number of carbonyl (C=O) groups excluding carboxylic acids is 2. The second kappa shape index (κ2) is 61.5. The van der Waals surface area contributed by atoms with Gasteiger partial charge in [0.2, 0.25) is 5.91 Å². The molecule has 0 aliphatic carbocycles. The highest BCUT2D eigenvalue weighted by Crippen LogP contribution is 2.38. The standard InChI is InChI=1S/C73H127N2O7P/c1-7-10-13-16-19-22-25-27-29-31-33-35-36-37-38-40-41-43-45-47-50-53-56-59-62-65-72(76)74-70(69-81-83(78,79)80-68-67-75(4,5)6)71(64-61-58-55-52-49-24-21-18-15-12-9-3)82-73(77)66-63-60-57-54-51-48-46-44-42-39-34-32-30-28-26-23-20-17-14-11-8-2/h10,13,19-20,22-23,27-30,33-35,37-39,44,46,61,64,70-71H,7-9,11-12,14-18,21,24-26,31-32,36,40-43,45,47-60,62-63,65-69H2,1-6H3,(H-,74,76,78,79)/b13-10-,22-19-,23-20-,29-27-,30-28-,35-33-,38-37-,39-34-,46-44-,64-61-. The summed E-state index contributed by atoms with van der Waals surface area (Å²) in [5.74, 6) is -0.574. The molecule has 0 aliphatic rings. The van der Waals surface area contributed by atoms with Gasteiger partial charge in [0, 0.05) is 12.8 Å². The van der Waals surface area contributed by atoms with E-state index in [9.17, 15) is 19.0 Å². The number of likely N-dealkylation sites (N-methyl/N-ethyl adjacent to an activating group) is 1. The second-order valence-corrected chi connectivity index (χ2v) is 25.0. The lowest BCUT2D eigenvalue weighted by Gasteiger charge is -2.30. The molecular formula is C73H127N2O7P. The van der Waals surface area contributed by atoms with Crippen LogP contribution in [-0.2, 0) is 27.9 Å². The third-order valence-corrected chi connectivity index (χ3v) is 15.3. The zero-order valence-electron chi connectivity index (χ0n) is 54.4. The number of carbonyl (C=O) groups is 2. The Kier molecular flexibility index (Phi) is 58.8. The van der Waals surface area contributed by atoms with E-state index in [0.29, 0.717) is 23.9 Å². The van der Waals surface area contributed by atoms with Crippen LogP contribution < -0.4 is 10.2 Å². The molecule has 0 aromatic carbocycles. The van der Waals surface area contributed by atoms with E-state index in [-0.39, 0.29) is 24.9 Å². The largest absolute Gasteiger partial charge is 0.756 e. The summed E-state index contributed by atoms with van der Waals surface area (Å²) >= 11 is 0. The van der Waals surface area contributed by atoms with E-state index in [1.807, 2.05) is 33.3 Å². The quantitative estimate of drug-likeness (QED) is 0.0212. The predicted octanol–water partition coefficient (Wildman–Crippen LogP) is 20.8. The number of rotatable bonds is 60. The smallest absolute Gasteiger partial charge is 0.306 e. The molecule has 0 spiro atoms. The van der Waals surface area contributed by atoms with Crippen molar-refractivity contribution in [2.45, 2.75) is 290 Å². The van der Waals surface area contributed by atoms with Gasteiger partial charge in [-0.05, 0) is 122 Å². The number of hydrogen-bond donors (Lipinski definition) is 1. The lowest BCUT2D eigenvalue weighted by molar-refractivity contribution is -0.870. The van der Waals surface area contributed by atoms with Crippen LogP contribution in [0.5, 0.6) is 0 Å². The van der Waals surface area contributed by atoms with Crippen LogP contribution in [0.2, 0.25) is 0 Å². The third-order valence-electron chi connectivity index (χ3n) is 14.4. The molecule has 0 rings (SSSR count). The molecule has 0 bridgehead atoms. The first kappa shape index (κ1) is 79.4. The number of nitrogens with zero attached hydrogens (tertiary/aromatic N) is 1. The fourth-order valence-electron chi connectivity index (χ4n) is 9.18. The van der Waals surface area contributed by atoms with Crippen molar-refractivity contribution < 1.29 is 37.3 Å². The zero-order chi connectivity index (χ0) is 60.7. The molecule has 1 amide bonds. The molecule has 476 valence electrons. The highest BCUT2D eigenvalue weighted by Gasteiger charge is 2.27. The second-order valence-electron chi connectivity index (χ2n) is 23.6. The van der Waals surface area contributed by atoms with Crippen molar-refractivity contribution in [1.82, 2.24) is 5.32 Å². The van der Waals surface area contributed by atoms with Gasteiger partial charge in [-0.2, -0.15) is 0 Å². The molecule has 3 atom stereocenters. The highest BCUT2D eigenvalue weighted by molar-refractivity contribution is 7.45. The Morgan fingerprint density at radius 1 is 0.434 bits per heavy atom. The minimum atomic E-state index is -4.72. The van der Waals surface area contributed by atoms with Gasteiger partial charge in [-0.15, -0.1) is 0 Å². The number of quaternary nitrogens is 1. The van der Waals surface area contributed by atoms with Crippen LogP contribution in [0.1, 0.15) is 278 Å². The van der Waals surface area contributed by atoms with Crippen molar-refractivity contribution in [3.63, 3.8) is 0 Å². The van der Waals surface area contributed by atoms with E-state index in [2.05, 4.69) is 135 Å². The van der Waals surface area contributed by atoms with Crippen LogP contribution in [0.25, 0.3) is 0 Å². The number of allylic oxidation sites excluding steroid dienone is 19.